The van der Waals surface area contributed by atoms with Crippen molar-refractivity contribution in [3.05, 3.63) is 17.2 Å². The van der Waals surface area contributed by atoms with Gasteiger partial charge < -0.3 is 10.2 Å². The summed E-state index contributed by atoms with van der Waals surface area (Å²) in [4.78, 5) is 2.52. The molecule has 2 heterocycles. The highest BCUT2D eigenvalue weighted by molar-refractivity contribution is 7.00. The van der Waals surface area contributed by atoms with Crippen LogP contribution in [-0.2, 0) is 0 Å². The summed E-state index contributed by atoms with van der Waals surface area (Å²) >= 11 is 7.56. The smallest absolute Gasteiger partial charge is 0.129 e. The van der Waals surface area contributed by atoms with Crippen LogP contribution < -0.4 is 5.32 Å². The van der Waals surface area contributed by atoms with E-state index in [1.165, 1.54) is 11.7 Å². The van der Waals surface area contributed by atoms with E-state index in [0.717, 1.165) is 47.7 Å². The first-order valence-corrected chi connectivity index (χ1v) is 8.17. The van der Waals surface area contributed by atoms with Gasteiger partial charge in [0.25, 0.3) is 0 Å². The summed E-state index contributed by atoms with van der Waals surface area (Å²) in [5.74, 6) is 0. The van der Waals surface area contributed by atoms with Crippen molar-refractivity contribution in [1.82, 2.24) is 13.6 Å². The lowest BCUT2D eigenvalue weighted by molar-refractivity contribution is 0.177. The lowest BCUT2D eigenvalue weighted by Gasteiger charge is -2.35. The Morgan fingerprint density at radius 2 is 2.05 bits per heavy atom. The Bertz CT molecular complexity index is 590. The molecule has 0 aliphatic carbocycles. The van der Waals surface area contributed by atoms with E-state index in [4.69, 9.17) is 11.6 Å². The maximum Gasteiger partial charge on any atom is 0.129 e. The molecule has 6 heteroatoms. The monoisotopic (exact) mass is 310 g/mol. The maximum absolute atomic E-state index is 6.32. The second-order valence-corrected chi connectivity index (χ2v) is 6.54. The van der Waals surface area contributed by atoms with E-state index in [-0.39, 0.29) is 0 Å². The van der Waals surface area contributed by atoms with E-state index in [9.17, 15) is 0 Å². The first-order chi connectivity index (χ1) is 9.65. The molecule has 108 valence electrons. The number of hydrogen-bond donors (Lipinski definition) is 1. The summed E-state index contributed by atoms with van der Waals surface area (Å²) in [6, 6.07) is 4.92. The molecule has 1 fully saturated rings. The lowest BCUT2D eigenvalue weighted by Crippen LogP contribution is -2.42. The first-order valence-electron chi connectivity index (χ1n) is 7.06. The molecule has 2 aromatic rings. The zero-order valence-electron chi connectivity index (χ0n) is 11.8. The summed E-state index contributed by atoms with van der Waals surface area (Å²) in [5, 5.41) is 4.32. The predicted octanol–water partition coefficient (Wildman–Crippen LogP) is 3.63. The van der Waals surface area contributed by atoms with Gasteiger partial charge in [-0.1, -0.05) is 11.6 Å². The summed E-state index contributed by atoms with van der Waals surface area (Å²) in [6.07, 6.45) is 2.28. The van der Waals surface area contributed by atoms with Crippen molar-refractivity contribution in [2.45, 2.75) is 38.8 Å². The highest BCUT2D eigenvalue weighted by atomic mass is 35.5. The quantitative estimate of drug-likeness (QED) is 0.940. The van der Waals surface area contributed by atoms with Gasteiger partial charge in [0.15, 0.2) is 0 Å². The van der Waals surface area contributed by atoms with Crippen molar-refractivity contribution in [2.24, 2.45) is 0 Å². The normalized spacial score (nSPS) is 18.0. The minimum absolute atomic E-state index is 0.467. The second kappa shape index (κ2) is 5.84. The average Bonchev–Trinajstić information content (AvgIpc) is 2.91. The van der Waals surface area contributed by atoms with E-state index in [0.29, 0.717) is 12.1 Å². The Kier molecular flexibility index (Phi) is 4.10. The molecular weight excluding hydrogens is 292 g/mol. The number of halogens is 1. The molecule has 4 nitrogen and oxygen atoms in total. The number of aromatic nitrogens is 2. The van der Waals surface area contributed by atoms with Crippen LogP contribution in [-0.4, -0.2) is 38.8 Å². The Morgan fingerprint density at radius 3 is 2.75 bits per heavy atom. The molecule has 3 rings (SSSR count). The van der Waals surface area contributed by atoms with Gasteiger partial charge in [-0.25, -0.2) is 0 Å². The van der Waals surface area contributed by atoms with Crippen LogP contribution >= 0.6 is 23.3 Å². The van der Waals surface area contributed by atoms with Crippen LogP contribution in [0.2, 0.25) is 5.02 Å². The Labute approximate surface area is 128 Å². The molecular formula is C14H19ClN4S. The molecule has 0 bridgehead atoms. The minimum Gasteiger partial charge on any atom is -0.379 e. The van der Waals surface area contributed by atoms with Crippen molar-refractivity contribution < 1.29 is 0 Å². The molecule has 1 aromatic carbocycles. The Hall–Kier alpha value is -0.910. The van der Waals surface area contributed by atoms with Crippen molar-refractivity contribution in [1.29, 1.82) is 0 Å². The van der Waals surface area contributed by atoms with Gasteiger partial charge in [-0.15, -0.1) is 0 Å². The first kappa shape index (κ1) is 14.0. The highest BCUT2D eigenvalue weighted by Crippen LogP contribution is 2.31. The fourth-order valence-corrected chi connectivity index (χ4v) is 3.48. The van der Waals surface area contributed by atoms with Crippen molar-refractivity contribution >= 4 is 40.0 Å². The van der Waals surface area contributed by atoms with E-state index < -0.39 is 0 Å². The van der Waals surface area contributed by atoms with Crippen LogP contribution in [0.25, 0.3) is 11.0 Å². The molecule has 0 unspecified atom stereocenters. The standard InChI is InChI=1S/C14H19ClN4S/c1-9(2)19-7-5-10(6-8-19)16-13-11(15)3-4-12-14(13)18-20-17-12/h3-4,9-10,16H,5-8H2,1-2H3. The minimum atomic E-state index is 0.467. The number of anilines is 1. The van der Waals surface area contributed by atoms with Gasteiger partial charge in [0.05, 0.1) is 22.4 Å². The zero-order valence-corrected chi connectivity index (χ0v) is 13.3. The molecule has 0 radical (unpaired) electrons. The summed E-state index contributed by atoms with van der Waals surface area (Å²) in [7, 11) is 0. The van der Waals surface area contributed by atoms with Gasteiger partial charge in [-0.3, -0.25) is 0 Å². The van der Waals surface area contributed by atoms with Crippen molar-refractivity contribution in [2.75, 3.05) is 18.4 Å². The Balaban J connectivity index is 1.74. The van der Waals surface area contributed by atoms with E-state index >= 15 is 0 Å². The highest BCUT2D eigenvalue weighted by Gasteiger charge is 2.22. The molecule has 0 saturated carbocycles. The number of rotatable bonds is 3. The molecule has 0 amide bonds. The molecule has 0 spiro atoms. The van der Waals surface area contributed by atoms with Crippen molar-refractivity contribution in [3.63, 3.8) is 0 Å². The third kappa shape index (κ3) is 2.75. The van der Waals surface area contributed by atoms with E-state index in [2.05, 4.69) is 32.8 Å². The number of hydrogen-bond acceptors (Lipinski definition) is 5. The summed E-state index contributed by atoms with van der Waals surface area (Å²) < 4.78 is 8.63. The maximum atomic E-state index is 6.32. The molecule has 1 N–H and O–H groups in total. The zero-order chi connectivity index (χ0) is 14.1. The fraction of sp³-hybridized carbons (Fsp3) is 0.571. The number of likely N-dealkylation sites (tertiary alicyclic amines) is 1. The van der Waals surface area contributed by atoms with Gasteiger partial charge in [0.2, 0.25) is 0 Å². The van der Waals surface area contributed by atoms with Crippen LogP contribution in [0.1, 0.15) is 26.7 Å². The van der Waals surface area contributed by atoms with Gasteiger partial charge in [-0.05, 0) is 38.8 Å². The van der Waals surface area contributed by atoms with E-state index in [1.54, 1.807) is 0 Å². The third-order valence-electron chi connectivity index (χ3n) is 3.99. The number of fused-ring (bicyclic) bond motifs is 1. The summed E-state index contributed by atoms with van der Waals surface area (Å²) in [6.45, 7) is 6.79. The Morgan fingerprint density at radius 1 is 1.30 bits per heavy atom. The number of piperidine rings is 1. The van der Waals surface area contributed by atoms with Gasteiger partial charge >= 0.3 is 0 Å². The SMILES string of the molecule is CC(C)N1CCC(Nc2c(Cl)ccc3nsnc23)CC1. The predicted molar refractivity (Wildman–Crippen MR) is 85.8 cm³/mol. The lowest BCUT2D eigenvalue weighted by atomic mass is 10.0. The van der Waals surface area contributed by atoms with Crippen molar-refractivity contribution in [3.8, 4) is 0 Å². The molecule has 1 saturated heterocycles. The molecule has 1 aliphatic heterocycles. The van der Waals surface area contributed by atoms with Crippen LogP contribution in [0.5, 0.6) is 0 Å². The molecule has 1 aliphatic rings. The average molecular weight is 311 g/mol. The van der Waals surface area contributed by atoms with Gasteiger partial charge in [-0.2, -0.15) is 8.75 Å². The van der Waals surface area contributed by atoms with Crippen LogP contribution in [0.15, 0.2) is 12.1 Å². The third-order valence-corrected chi connectivity index (χ3v) is 4.84. The fourth-order valence-electron chi connectivity index (χ4n) is 2.73. The second-order valence-electron chi connectivity index (χ2n) is 5.60. The van der Waals surface area contributed by atoms with Crippen LogP contribution in [0, 0.1) is 0 Å². The molecule has 0 atom stereocenters. The van der Waals surface area contributed by atoms with Gasteiger partial charge in [0, 0.05) is 25.2 Å². The van der Waals surface area contributed by atoms with Crippen LogP contribution in [0.4, 0.5) is 5.69 Å². The molecule has 1 aromatic heterocycles. The molecule has 20 heavy (non-hydrogen) atoms. The van der Waals surface area contributed by atoms with E-state index in [1.807, 2.05) is 12.1 Å². The van der Waals surface area contributed by atoms with Gasteiger partial charge in [0.1, 0.15) is 11.0 Å². The number of nitrogens with zero attached hydrogens (tertiary/aromatic N) is 3. The largest absolute Gasteiger partial charge is 0.379 e. The topological polar surface area (TPSA) is 41.0 Å². The van der Waals surface area contributed by atoms with Crippen LogP contribution in [0.3, 0.4) is 0 Å². The summed E-state index contributed by atoms with van der Waals surface area (Å²) in [5.41, 5.74) is 2.76. The number of nitrogens with one attached hydrogen (secondary N) is 1. The number of benzene rings is 1.